The summed E-state index contributed by atoms with van der Waals surface area (Å²) in [5.41, 5.74) is 5.19. The van der Waals surface area contributed by atoms with E-state index in [-0.39, 0.29) is 17.4 Å². The van der Waals surface area contributed by atoms with E-state index in [2.05, 4.69) is 48.4 Å². The molecule has 1 unspecified atom stereocenters. The van der Waals surface area contributed by atoms with Gasteiger partial charge in [-0.05, 0) is 35.8 Å². The molecule has 0 fully saturated rings. The Hall–Kier alpha value is -1.72. The number of ether oxygens (including phenoxy) is 1. The maximum Gasteiger partial charge on any atom is 0.263 e. The quantitative estimate of drug-likeness (QED) is 0.849. The minimum atomic E-state index is -0.0537. The highest BCUT2D eigenvalue weighted by atomic mass is 32.1. The Morgan fingerprint density at radius 2 is 2.21 bits per heavy atom. The SMILES string of the molecule is COCc1ncsc1C(=O)NC1CC(C)(C)CCc2ccccc21. The van der Waals surface area contributed by atoms with E-state index in [9.17, 15) is 4.79 Å². The van der Waals surface area contributed by atoms with Crippen molar-refractivity contribution < 1.29 is 9.53 Å². The van der Waals surface area contributed by atoms with Crippen molar-refractivity contribution in [1.82, 2.24) is 10.3 Å². The summed E-state index contributed by atoms with van der Waals surface area (Å²) in [4.78, 5) is 17.7. The van der Waals surface area contributed by atoms with E-state index >= 15 is 0 Å². The monoisotopic (exact) mass is 344 g/mol. The molecule has 1 aliphatic rings. The molecule has 4 nitrogen and oxygen atoms in total. The van der Waals surface area contributed by atoms with Crippen LogP contribution in [0.15, 0.2) is 29.8 Å². The van der Waals surface area contributed by atoms with Crippen LogP contribution in [0.4, 0.5) is 0 Å². The maximum atomic E-state index is 12.8. The van der Waals surface area contributed by atoms with Gasteiger partial charge in [0.15, 0.2) is 0 Å². The van der Waals surface area contributed by atoms with Gasteiger partial charge in [0.05, 0.1) is 23.9 Å². The van der Waals surface area contributed by atoms with Crippen molar-refractivity contribution in [3.8, 4) is 0 Å². The number of amides is 1. The molecule has 1 heterocycles. The molecule has 24 heavy (non-hydrogen) atoms. The topological polar surface area (TPSA) is 51.2 Å². The fourth-order valence-electron chi connectivity index (χ4n) is 3.39. The second-order valence-electron chi connectivity index (χ2n) is 7.15. The molecule has 1 N–H and O–H groups in total. The van der Waals surface area contributed by atoms with Crippen molar-refractivity contribution in [1.29, 1.82) is 0 Å². The molecule has 5 heteroatoms. The fraction of sp³-hybridized carbons (Fsp3) is 0.474. The molecular formula is C19H24N2O2S. The molecule has 1 aromatic heterocycles. The molecule has 0 radical (unpaired) electrons. The summed E-state index contributed by atoms with van der Waals surface area (Å²) >= 11 is 1.37. The molecule has 1 amide bonds. The number of methoxy groups -OCH3 is 1. The second-order valence-corrected chi connectivity index (χ2v) is 8.01. The van der Waals surface area contributed by atoms with Crippen molar-refractivity contribution in [2.45, 2.75) is 45.8 Å². The summed E-state index contributed by atoms with van der Waals surface area (Å²) < 4.78 is 5.14. The molecule has 1 atom stereocenters. The van der Waals surface area contributed by atoms with Gasteiger partial charge in [-0.1, -0.05) is 38.1 Å². The van der Waals surface area contributed by atoms with E-state index in [0.29, 0.717) is 17.2 Å². The third kappa shape index (κ3) is 3.68. The molecule has 0 bridgehead atoms. The van der Waals surface area contributed by atoms with Crippen molar-refractivity contribution in [3.63, 3.8) is 0 Å². The summed E-state index contributed by atoms with van der Waals surface area (Å²) in [5, 5.41) is 3.25. The van der Waals surface area contributed by atoms with Gasteiger partial charge in [-0.25, -0.2) is 4.98 Å². The van der Waals surface area contributed by atoms with Gasteiger partial charge in [0.25, 0.3) is 5.91 Å². The molecule has 1 aliphatic carbocycles. The fourth-order valence-corrected chi connectivity index (χ4v) is 4.08. The lowest BCUT2D eigenvalue weighted by molar-refractivity contribution is 0.0924. The first-order chi connectivity index (χ1) is 11.5. The first-order valence-corrected chi connectivity index (χ1v) is 9.18. The van der Waals surface area contributed by atoms with Gasteiger partial charge in [-0.15, -0.1) is 11.3 Å². The number of thiazole rings is 1. The minimum Gasteiger partial charge on any atom is -0.378 e. The van der Waals surface area contributed by atoms with Crippen LogP contribution in [0.5, 0.6) is 0 Å². The van der Waals surface area contributed by atoms with Crippen LogP contribution in [0.25, 0.3) is 0 Å². The number of fused-ring (bicyclic) bond motifs is 1. The number of carbonyl (C=O) groups is 1. The Morgan fingerprint density at radius 3 is 3.00 bits per heavy atom. The number of aryl methyl sites for hydroxylation is 1. The zero-order valence-corrected chi connectivity index (χ0v) is 15.3. The number of hydrogen-bond acceptors (Lipinski definition) is 4. The first-order valence-electron chi connectivity index (χ1n) is 8.30. The van der Waals surface area contributed by atoms with Crippen LogP contribution in [0, 0.1) is 5.41 Å². The summed E-state index contributed by atoms with van der Waals surface area (Å²) in [6.45, 7) is 4.92. The van der Waals surface area contributed by atoms with Crippen LogP contribution in [-0.2, 0) is 17.8 Å². The average molecular weight is 344 g/mol. The number of nitrogens with zero attached hydrogens (tertiary/aromatic N) is 1. The summed E-state index contributed by atoms with van der Waals surface area (Å²) in [7, 11) is 1.62. The van der Waals surface area contributed by atoms with E-state index < -0.39 is 0 Å². The average Bonchev–Trinajstić information content (AvgIpc) is 2.96. The normalized spacial score (nSPS) is 19.4. The third-order valence-corrected chi connectivity index (χ3v) is 5.56. The van der Waals surface area contributed by atoms with Gasteiger partial charge in [0.2, 0.25) is 0 Å². The van der Waals surface area contributed by atoms with E-state index in [1.807, 2.05) is 0 Å². The van der Waals surface area contributed by atoms with E-state index in [1.54, 1.807) is 12.6 Å². The van der Waals surface area contributed by atoms with E-state index in [0.717, 1.165) is 19.3 Å². The van der Waals surface area contributed by atoms with E-state index in [1.165, 1.54) is 22.5 Å². The number of rotatable bonds is 4. The molecule has 128 valence electrons. The lowest BCUT2D eigenvalue weighted by Gasteiger charge is -2.27. The van der Waals surface area contributed by atoms with Crippen LogP contribution in [0.1, 0.15) is 59.2 Å². The molecule has 1 aromatic carbocycles. The smallest absolute Gasteiger partial charge is 0.263 e. The molecule has 0 saturated heterocycles. The maximum absolute atomic E-state index is 12.8. The highest BCUT2D eigenvalue weighted by Crippen LogP contribution is 2.39. The number of benzene rings is 1. The van der Waals surface area contributed by atoms with Crippen LogP contribution in [0.3, 0.4) is 0 Å². The predicted octanol–water partition coefficient (Wildman–Crippen LogP) is 4.12. The predicted molar refractivity (Wildman–Crippen MR) is 96.2 cm³/mol. The Bertz CT molecular complexity index is 724. The Labute approximate surface area is 147 Å². The Balaban J connectivity index is 1.86. The number of nitrogens with one attached hydrogen (secondary N) is 1. The molecule has 2 aromatic rings. The zero-order chi connectivity index (χ0) is 17.2. The Kier molecular flexibility index (Phi) is 5.01. The van der Waals surface area contributed by atoms with Gasteiger partial charge < -0.3 is 10.1 Å². The Morgan fingerprint density at radius 1 is 1.42 bits per heavy atom. The molecular weight excluding hydrogens is 320 g/mol. The largest absolute Gasteiger partial charge is 0.378 e. The highest BCUT2D eigenvalue weighted by molar-refractivity contribution is 7.11. The molecule has 0 aliphatic heterocycles. The zero-order valence-electron chi connectivity index (χ0n) is 14.5. The van der Waals surface area contributed by atoms with Gasteiger partial charge in [0.1, 0.15) is 4.88 Å². The third-order valence-electron chi connectivity index (χ3n) is 4.69. The van der Waals surface area contributed by atoms with Gasteiger partial charge in [-0.3, -0.25) is 4.79 Å². The van der Waals surface area contributed by atoms with Crippen LogP contribution >= 0.6 is 11.3 Å². The number of hydrogen-bond donors (Lipinski definition) is 1. The van der Waals surface area contributed by atoms with Crippen LogP contribution in [0.2, 0.25) is 0 Å². The lowest BCUT2D eigenvalue weighted by Crippen LogP contribution is -2.31. The van der Waals surface area contributed by atoms with Gasteiger partial charge in [-0.2, -0.15) is 0 Å². The molecule has 0 saturated carbocycles. The summed E-state index contributed by atoms with van der Waals surface area (Å²) in [5.74, 6) is -0.0537. The van der Waals surface area contributed by atoms with Crippen LogP contribution < -0.4 is 5.32 Å². The van der Waals surface area contributed by atoms with Gasteiger partial charge in [0, 0.05) is 7.11 Å². The molecule has 0 spiro atoms. The number of aromatic nitrogens is 1. The first kappa shape index (κ1) is 17.1. The van der Waals surface area contributed by atoms with E-state index in [4.69, 9.17) is 4.74 Å². The highest BCUT2D eigenvalue weighted by Gasteiger charge is 2.31. The van der Waals surface area contributed by atoms with Gasteiger partial charge >= 0.3 is 0 Å². The summed E-state index contributed by atoms with van der Waals surface area (Å²) in [6, 6.07) is 8.49. The molecule has 3 rings (SSSR count). The van der Waals surface area contributed by atoms with Crippen molar-refractivity contribution in [3.05, 3.63) is 51.5 Å². The summed E-state index contributed by atoms with van der Waals surface area (Å²) in [6.07, 6.45) is 3.13. The minimum absolute atomic E-state index is 0.0312. The lowest BCUT2D eigenvalue weighted by atomic mass is 9.83. The van der Waals surface area contributed by atoms with Crippen molar-refractivity contribution in [2.75, 3.05) is 7.11 Å². The van der Waals surface area contributed by atoms with Crippen molar-refractivity contribution in [2.24, 2.45) is 5.41 Å². The van der Waals surface area contributed by atoms with Crippen LogP contribution in [-0.4, -0.2) is 18.0 Å². The number of carbonyl (C=O) groups excluding carboxylic acids is 1. The van der Waals surface area contributed by atoms with Crippen molar-refractivity contribution >= 4 is 17.2 Å². The second kappa shape index (κ2) is 7.03. The standard InChI is InChI=1S/C19H24N2O2S/c1-19(2)9-8-13-6-4-5-7-14(13)15(10-19)21-18(22)17-16(11-23-3)20-12-24-17/h4-7,12,15H,8-11H2,1-3H3,(H,21,22).